The maximum atomic E-state index is 8.96. The van der Waals surface area contributed by atoms with Crippen LogP contribution in [-0.2, 0) is 13.0 Å². The number of hydrogen-bond acceptors (Lipinski definition) is 2. The van der Waals surface area contributed by atoms with E-state index in [1.165, 1.54) is 11.1 Å². The fourth-order valence-electron chi connectivity index (χ4n) is 2.34. The number of hydrogen-bond donors (Lipinski definition) is 1. The van der Waals surface area contributed by atoms with Crippen LogP contribution < -0.4 is 5.32 Å². The Labute approximate surface area is 127 Å². The third-order valence-electron chi connectivity index (χ3n) is 3.52. The Morgan fingerprint density at radius 3 is 2.33 bits per heavy atom. The minimum atomic E-state index is 0.686. The van der Waals surface area contributed by atoms with Crippen molar-refractivity contribution in [2.75, 3.05) is 5.32 Å². The lowest BCUT2D eigenvalue weighted by Crippen LogP contribution is -2.02. The summed E-state index contributed by atoms with van der Waals surface area (Å²) >= 11 is 0. The van der Waals surface area contributed by atoms with Crippen molar-refractivity contribution < 1.29 is 0 Å². The van der Waals surface area contributed by atoms with Crippen LogP contribution in [0.4, 0.5) is 5.69 Å². The van der Waals surface area contributed by atoms with Crippen LogP contribution in [0.1, 0.15) is 36.1 Å². The van der Waals surface area contributed by atoms with Crippen molar-refractivity contribution in [2.24, 2.45) is 5.92 Å². The highest BCUT2D eigenvalue weighted by Crippen LogP contribution is 2.18. The average Bonchev–Trinajstić information content (AvgIpc) is 2.47. The van der Waals surface area contributed by atoms with Crippen molar-refractivity contribution in [3.63, 3.8) is 0 Å². The lowest BCUT2D eigenvalue weighted by Gasteiger charge is -2.11. The Kier molecular flexibility index (Phi) is 5.00. The number of nitrogens with one attached hydrogen (secondary N) is 1. The van der Waals surface area contributed by atoms with E-state index in [1.807, 2.05) is 18.2 Å². The van der Waals surface area contributed by atoms with Gasteiger partial charge in [-0.05, 0) is 48.1 Å². The van der Waals surface area contributed by atoms with E-state index in [0.29, 0.717) is 11.5 Å². The minimum Gasteiger partial charge on any atom is -0.381 e. The summed E-state index contributed by atoms with van der Waals surface area (Å²) in [5.74, 6) is 0.686. The van der Waals surface area contributed by atoms with Gasteiger partial charge in [0.15, 0.2) is 0 Å². The quantitative estimate of drug-likeness (QED) is 0.862. The molecule has 108 valence electrons. The Balaban J connectivity index is 2.01. The second kappa shape index (κ2) is 6.95. The van der Waals surface area contributed by atoms with Gasteiger partial charge in [0.05, 0.1) is 11.6 Å². The topological polar surface area (TPSA) is 35.8 Å². The standard InChI is InChI=1S/C19H22N2/c1-14(2)10-16-6-8-17(9-7-16)13-21-19-11-18(12-20)5-4-15(19)3/h4-9,11,14,21H,10,13H2,1-3H3. The van der Waals surface area contributed by atoms with Crippen LogP contribution in [0, 0.1) is 24.2 Å². The fraction of sp³-hybridized carbons (Fsp3) is 0.316. The highest BCUT2D eigenvalue weighted by molar-refractivity contribution is 5.55. The Bertz CT molecular complexity index is 634. The van der Waals surface area contributed by atoms with E-state index in [0.717, 1.165) is 24.2 Å². The molecule has 0 amide bonds. The summed E-state index contributed by atoms with van der Waals surface area (Å²) in [7, 11) is 0. The summed E-state index contributed by atoms with van der Waals surface area (Å²) in [6, 6.07) is 16.7. The number of aryl methyl sites for hydroxylation is 1. The van der Waals surface area contributed by atoms with Gasteiger partial charge in [-0.2, -0.15) is 5.26 Å². The minimum absolute atomic E-state index is 0.686. The van der Waals surface area contributed by atoms with Crippen LogP contribution in [0.3, 0.4) is 0 Å². The van der Waals surface area contributed by atoms with E-state index in [2.05, 4.69) is 56.4 Å². The summed E-state index contributed by atoms with van der Waals surface area (Å²) in [6.45, 7) is 7.30. The number of nitrogens with zero attached hydrogens (tertiary/aromatic N) is 1. The number of nitriles is 1. The molecule has 21 heavy (non-hydrogen) atoms. The molecule has 0 fully saturated rings. The zero-order valence-electron chi connectivity index (χ0n) is 13.0. The van der Waals surface area contributed by atoms with Gasteiger partial charge >= 0.3 is 0 Å². The summed E-state index contributed by atoms with van der Waals surface area (Å²) in [6.07, 6.45) is 1.12. The number of anilines is 1. The van der Waals surface area contributed by atoms with E-state index in [4.69, 9.17) is 5.26 Å². The maximum Gasteiger partial charge on any atom is 0.0992 e. The molecule has 0 aliphatic heterocycles. The number of rotatable bonds is 5. The van der Waals surface area contributed by atoms with Crippen LogP contribution in [-0.4, -0.2) is 0 Å². The van der Waals surface area contributed by atoms with Crippen LogP contribution in [0.2, 0.25) is 0 Å². The molecule has 0 bridgehead atoms. The number of benzene rings is 2. The van der Waals surface area contributed by atoms with Gasteiger partial charge in [0.2, 0.25) is 0 Å². The predicted octanol–water partition coefficient (Wildman–Crippen LogP) is 4.68. The van der Waals surface area contributed by atoms with Gasteiger partial charge in [0.25, 0.3) is 0 Å². The highest BCUT2D eigenvalue weighted by Gasteiger charge is 2.01. The second-order valence-corrected chi connectivity index (χ2v) is 5.91. The fourth-order valence-corrected chi connectivity index (χ4v) is 2.34. The first-order chi connectivity index (χ1) is 10.1. The normalized spacial score (nSPS) is 10.4. The second-order valence-electron chi connectivity index (χ2n) is 5.91. The van der Waals surface area contributed by atoms with E-state index in [1.54, 1.807) is 0 Å². The van der Waals surface area contributed by atoms with Gasteiger partial charge in [-0.3, -0.25) is 0 Å². The molecule has 0 aliphatic rings. The van der Waals surface area contributed by atoms with Crippen molar-refractivity contribution in [3.05, 3.63) is 64.7 Å². The van der Waals surface area contributed by atoms with E-state index >= 15 is 0 Å². The predicted molar refractivity (Wildman–Crippen MR) is 88.2 cm³/mol. The monoisotopic (exact) mass is 278 g/mol. The Morgan fingerprint density at radius 2 is 1.71 bits per heavy atom. The molecule has 2 aromatic rings. The van der Waals surface area contributed by atoms with Crippen molar-refractivity contribution in [3.8, 4) is 6.07 Å². The van der Waals surface area contributed by atoms with Gasteiger partial charge in [-0.1, -0.05) is 44.2 Å². The smallest absolute Gasteiger partial charge is 0.0992 e. The molecule has 2 rings (SSSR count). The van der Waals surface area contributed by atoms with Gasteiger partial charge in [-0.25, -0.2) is 0 Å². The van der Waals surface area contributed by atoms with Crippen LogP contribution >= 0.6 is 0 Å². The van der Waals surface area contributed by atoms with Crippen LogP contribution in [0.5, 0.6) is 0 Å². The molecular weight excluding hydrogens is 256 g/mol. The summed E-state index contributed by atoms with van der Waals surface area (Å²) < 4.78 is 0. The third kappa shape index (κ3) is 4.36. The van der Waals surface area contributed by atoms with E-state index in [-0.39, 0.29) is 0 Å². The first-order valence-corrected chi connectivity index (χ1v) is 7.41. The third-order valence-corrected chi connectivity index (χ3v) is 3.52. The van der Waals surface area contributed by atoms with E-state index < -0.39 is 0 Å². The molecule has 0 unspecified atom stereocenters. The van der Waals surface area contributed by atoms with Gasteiger partial charge in [0.1, 0.15) is 0 Å². The average molecular weight is 278 g/mol. The zero-order chi connectivity index (χ0) is 15.2. The molecule has 1 N–H and O–H groups in total. The lowest BCUT2D eigenvalue weighted by atomic mass is 10.0. The molecule has 2 aromatic carbocycles. The van der Waals surface area contributed by atoms with Crippen molar-refractivity contribution in [1.29, 1.82) is 5.26 Å². The molecule has 0 saturated heterocycles. The first kappa shape index (κ1) is 15.1. The molecule has 0 radical (unpaired) electrons. The SMILES string of the molecule is Cc1ccc(C#N)cc1NCc1ccc(CC(C)C)cc1. The van der Waals surface area contributed by atoms with Gasteiger partial charge in [-0.15, -0.1) is 0 Å². The largest absolute Gasteiger partial charge is 0.381 e. The maximum absolute atomic E-state index is 8.96. The molecule has 0 aliphatic carbocycles. The highest BCUT2D eigenvalue weighted by atomic mass is 14.9. The summed E-state index contributed by atoms with van der Waals surface area (Å²) in [4.78, 5) is 0. The Morgan fingerprint density at radius 1 is 1.05 bits per heavy atom. The van der Waals surface area contributed by atoms with Gasteiger partial charge in [0, 0.05) is 12.2 Å². The summed E-state index contributed by atoms with van der Waals surface area (Å²) in [5, 5.41) is 12.4. The molecule has 0 spiro atoms. The molecule has 0 heterocycles. The van der Waals surface area contributed by atoms with Gasteiger partial charge < -0.3 is 5.32 Å². The lowest BCUT2D eigenvalue weighted by molar-refractivity contribution is 0.647. The van der Waals surface area contributed by atoms with Crippen molar-refractivity contribution >= 4 is 5.69 Å². The van der Waals surface area contributed by atoms with Crippen molar-refractivity contribution in [2.45, 2.75) is 33.7 Å². The van der Waals surface area contributed by atoms with Crippen LogP contribution in [0.15, 0.2) is 42.5 Å². The van der Waals surface area contributed by atoms with Crippen LogP contribution in [0.25, 0.3) is 0 Å². The van der Waals surface area contributed by atoms with Crippen molar-refractivity contribution in [1.82, 2.24) is 0 Å². The first-order valence-electron chi connectivity index (χ1n) is 7.41. The molecular formula is C19H22N2. The molecule has 2 heteroatoms. The molecule has 2 nitrogen and oxygen atoms in total. The summed E-state index contributed by atoms with van der Waals surface area (Å²) in [5.41, 5.74) is 5.52. The molecule has 0 aromatic heterocycles. The zero-order valence-corrected chi connectivity index (χ0v) is 13.0. The van der Waals surface area contributed by atoms with E-state index in [9.17, 15) is 0 Å². The molecule has 0 saturated carbocycles. The molecule has 0 atom stereocenters. The Hall–Kier alpha value is -2.27.